The third-order valence-corrected chi connectivity index (χ3v) is 3.53. The smallest absolute Gasteiger partial charge is 0.139 e. The monoisotopic (exact) mass is 276 g/mol. The predicted octanol–water partition coefficient (Wildman–Crippen LogP) is 3.18. The van der Waals surface area contributed by atoms with Crippen molar-refractivity contribution < 1.29 is 4.74 Å². The number of nitrogens with zero attached hydrogens (tertiary/aromatic N) is 3. The van der Waals surface area contributed by atoms with Crippen LogP contribution in [0.25, 0.3) is 33.2 Å². The fraction of sp³-hybridized carbons (Fsp3) is 0.0625. The van der Waals surface area contributed by atoms with Gasteiger partial charge in [0, 0.05) is 10.9 Å². The van der Waals surface area contributed by atoms with Crippen molar-refractivity contribution in [3.63, 3.8) is 0 Å². The van der Waals surface area contributed by atoms with Gasteiger partial charge in [-0.05, 0) is 30.3 Å². The number of hydrogen-bond donors (Lipinski definition) is 1. The summed E-state index contributed by atoms with van der Waals surface area (Å²) < 4.78 is 5.19. The van der Waals surface area contributed by atoms with Crippen LogP contribution in [-0.2, 0) is 0 Å². The third-order valence-electron chi connectivity index (χ3n) is 3.53. The molecule has 4 aromatic rings. The first kappa shape index (κ1) is 11.8. The van der Waals surface area contributed by atoms with Crippen LogP contribution in [0.15, 0.2) is 48.5 Å². The van der Waals surface area contributed by atoms with Crippen molar-refractivity contribution in [2.24, 2.45) is 0 Å². The molecule has 21 heavy (non-hydrogen) atoms. The topological polar surface area (TPSA) is 63.7 Å². The molecule has 0 amide bonds. The lowest BCUT2D eigenvalue weighted by atomic mass is 10.1. The molecule has 5 nitrogen and oxygen atoms in total. The van der Waals surface area contributed by atoms with Gasteiger partial charge in [-0.2, -0.15) is 15.4 Å². The van der Waals surface area contributed by atoms with Gasteiger partial charge in [0.2, 0.25) is 0 Å². The molecule has 0 aliphatic heterocycles. The van der Waals surface area contributed by atoms with E-state index in [2.05, 4.69) is 15.4 Å². The lowest BCUT2D eigenvalue weighted by Gasteiger charge is -2.05. The van der Waals surface area contributed by atoms with Crippen LogP contribution < -0.4 is 4.74 Å². The predicted molar refractivity (Wildman–Crippen MR) is 81.2 cm³/mol. The van der Waals surface area contributed by atoms with Crippen molar-refractivity contribution >= 4 is 21.9 Å². The number of fused-ring (bicyclic) bond motifs is 3. The minimum absolute atomic E-state index is 0.777. The Kier molecular flexibility index (Phi) is 2.57. The lowest BCUT2D eigenvalue weighted by molar-refractivity contribution is 0.415. The highest BCUT2D eigenvalue weighted by atomic mass is 16.5. The van der Waals surface area contributed by atoms with E-state index in [1.807, 2.05) is 48.5 Å². The van der Waals surface area contributed by atoms with Gasteiger partial charge in [0.15, 0.2) is 0 Å². The molecule has 5 heteroatoms. The second-order valence-corrected chi connectivity index (χ2v) is 4.73. The number of nitrogens with one attached hydrogen (secondary N) is 1. The van der Waals surface area contributed by atoms with E-state index in [1.54, 1.807) is 7.11 Å². The summed E-state index contributed by atoms with van der Waals surface area (Å²) >= 11 is 0. The SMILES string of the molecule is COc1ccc(-c2nc3ccccc3c3n[nH]nc23)cc1. The molecule has 0 aliphatic carbocycles. The molecule has 0 spiro atoms. The molecule has 2 heterocycles. The number of pyridine rings is 1. The molecule has 102 valence electrons. The standard InChI is InChI=1S/C16H12N4O/c1-21-11-8-6-10(7-9-11)14-16-15(18-20-19-16)12-4-2-3-5-13(12)17-14/h2-9H,1H3,(H,18,19,20). The van der Waals surface area contributed by atoms with Gasteiger partial charge < -0.3 is 4.74 Å². The Morgan fingerprint density at radius 3 is 2.48 bits per heavy atom. The molecule has 0 saturated heterocycles. The first-order valence-corrected chi connectivity index (χ1v) is 6.60. The summed E-state index contributed by atoms with van der Waals surface area (Å²) in [6.45, 7) is 0. The summed E-state index contributed by atoms with van der Waals surface area (Å²) in [5, 5.41) is 12.2. The number of hydrogen-bond acceptors (Lipinski definition) is 4. The van der Waals surface area contributed by atoms with Crippen LogP contribution in [-0.4, -0.2) is 27.5 Å². The van der Waals surface area contributed by atoms with Crippen LogP contribution in [0.4, 0.5) is 0 Å². The summed E-state index contributed by atoms with van der Waals surface area (Å²) in [4.78, 5) is 4.74. The van der Waals surface area contributed by atoms with Crippen molar-refractivity contribution in [1.29, 1.82) is 0 Å². The Labute approximate surface area is 120 Å². The maximum Gasteiger partial charge on any atom is 0.139 e. The van der Waals surface area contributed by atoms with Crippen molar-refractivity contribution in [3.8, 4) is 17.0 Å². The van der Waals surface area contributed by atoms with Crippen molar-refractivity contribution in [2.45, 2.75) is 0 Å². The van der Waals surface area contributed by atoms with E-state index >= 15 is 0 Å². The Morgan fingerprint density at radius 2 is 1.67 bits per heavy atom. The Hall–Kier alpha value is -2.95. The maximum absolute atomic E-state index is 5.19. The second kappa shape index (κ2) is 4.56. The average molecular weight is 276 g/mol. The van der Waals surface area contributed by atoms with Crippen LogP contribution in [0.2, 0.25) is 0 Å². The van der Waals surface area contributed by atoms with Crippen LogP contribution in [0.5, 0.6) is 5.75 Å². The Balaban J connectivity index is 2.03. The van der Waals surface area contributed by atoms with Crippen molar-refractivity contribution in [2.75, 3.05) is 7.11 Å². The molecule has 1 N–H and O–H groups in total. The Bertz CT molecular complexity index is 928. The molecule has 2 aromatic heterocycles. The molecular weight excluding hydrogens is 264 g/mol. The molecule has 0 radical (unpaired) electrons. The molecular formula is C16H12N4O. The van der Waals surface area contributed by atoms with E-state index in [-0.39, 0.29) is 0 Å². The van der Waals surface area contributed by atoms with Gasteiger partial charge in [-0.25, -0.2) is 4.98 Å². The largest absolute Gasteiger partial charge is 0.497 e. The van der Waals surface area contributed by atoms with Crippen molar-refractivity contribution in [3.05, 3.63) is 48.5 Å². The number of benzene rings is 2. The quantitative estimate of drug-likeness (QED) is 0.610. The van der Waals surface area contributed by atoms with Gasteiger partial charge in [0.05, 0.1) is 12.6 Å². The van der Waals surface area contributed by atoms with Gasteiger partial charge in [0.25, 0.3) is 0 Å². The van der Waals surface area contributed by atoms with E-state index in [1.165, 1.54) is 0 Å². The summed E-state index contributed by atoms with van der Waals surface area (Å²) in [5.74, 6) is 0.816. The lowest BCUT2D eigenvalue weighted by Crippen LogP contribution is -1.89. The molecule has 0 unspecified atom stereocenters. The molecule has 0 bridgehead atoms. The zero-order valence-electron chi connectivity index (χ0n) is 11.4. The summed E-state index contributed by atoms with van der Waals surface area (Å²) in [6, 6.07) is 15.7. The summed E-state index contributed by atoms with van der Waals surface area (Å²) in [6.07, 6.45) is 0. The van der Waals surface area contributed by atoms with Crippen LogP contribution in [0.3, 0.4) is 0 Å². The van der Waals surface area contributed by atoms with Gasteiger partial charge >= 0.3 is 0 Å². The first-order valence-electron chi connectivity index (χ1n) is 6.60. The van der Waals surface area contributed by atoms with Crippen LogP contribution >= 0.6 is 0 Å². The average Bonchev–Trinajstić information content (AvgIpc) is 3.04. The minimum Gasteiger partial charge on any atom is -0.497 e. The molecule has 0 aliphatic rings. The highest BCUT2D eigenvalue weighted by molar-refractivity contribution is 6.06. The minimum atomic E-state index is 0.777. The van der Waals surface area contributed by atoms with E-state index in [0.29, 0.717) is 0 Å². The molecule has 0 fully saturated rings. The van der Waals surface area contributed by atoms with Crippen molar-refractivity contribution in [1.82, 2.24) is 20.4 Å². The number of rotatable bonds is 2. The maximum atomic E-state index is 5.19. The summed E-state index contributed by atoms with van der Waals surface area (Å²) in [7, 11) is 1.65. The highest BCUT2D eigenvalue weighted by Crippen LogP contribution is 2.30. The zero-order chi connectivity index (χ0) is 14.2. The third kappa shape index (κ3) is 1.82. The number of aromatic nitrogens is 4. The number of para-hydroxylation sites is 1. The molecule has 0 atom stereocenters. The Morgan fingerprint density at radius 1 is 0.905 bits per heavy atom. The fourth-order valence-corrected chi connectivity index (χ4v) is 2.48. The van der Waals surface area contributed by atoms with Gasteiger partial charge in [-0.1, -0.05) is 18.2 Å². The molecule has 2 aromatic carbocycles. The van der Waals surface area contributed by atoms with E-state index in [4.69, 9.17) is 9.72 Å². The number of methoxy groups -OCH3 is 1. The number of aromatic amines is 1. The fourth-order valence-electron chi connectivity index (χ4n) is 2.48. The zero-order valence-corrected chi connectivity index (χ0v) is 11.4. The highest BCUT2D eigenvalue weighted by Gasteiger charge is 2.13. The second-order valence-electron chi connectivity index (χ2n) is 4.73. The van der Waals surface area contributed by atoms with Gasteiger partial charge in [-0.3, -0.25) is 0 Å². The molecule has 0 saturated carbocycles. The van der Waals surface area contributed by atoms with Crippen LogP contribution in [0, 0.1) is 0 Å². The normalized spacial score (nSPS) is 11.1. The van der Waals surface area contributed by atoms with Crippen LogP contribution in [0.1, 0.15) is 0 Å². The number of H-pyrrole nitrogens is 1. The first-order chi connectivity index (χ1) is 10.4. The van der Waals surface area contributed by atoms with E-state index in [9.17, 15) is 0 Å². The molecule has 4 rings (SSSR count). The van der Waals surface area contributed by atoms with E-state index in [0.717, 1.165) is 38.9 Å². The van der Waals surface area contributed by atoms with E-state index < -0.39 is 0 Å². The number of ether oxygens (including phenoxy) is 1. The summed E-state index contributed by atoms with van der Waals surface area (Å²) in [5.41, 5.74) is 4.33. The van der Waals surface area contributed by atoms with Gasteiger partial charge in [-0.15, -0.1) is 0 Å². The van der Waals surface area contributed by atoms with Gasteiger partial charge in [0.1, 0.15) is 22.5 Å².